The second-order valence-corrected chi connectivity index (χ2v) is 6.43. The summed E-state index contributed by atoms with van der Waals surface area (Å²) in [5, 5.41) is 14.0. The predicted octanol–water partition coefficient (Wildman–Crippen LogP) is 2.11. The molecule has 162 valence electrons. The van der Waals surface area contributed by atoms with Crippen LogP contribution in [0.3, 0.4) is 0 Å². The van der Waals surface area contributed by atoms with Crippen LogP contribution in [0, 0.1) is 0 Å². The first-order valence-electron chi connectivity index (χ1n) is 9.46. The molecule has 0 saturated heterocycles. The molecular weight excluding hydrogens is 390 g/mol. The first kappa shape index (κ1) is 22.9. The van der Waals surface area contributed by atoms with Crippen molar-refractivity contribution in [2.45, 2.75) is 25.8 Å². The zero-order valence-corrected chi connectivity index (χ0v) is 17.5. The highest BCUT2D eigenvalue weighted by molar-refractivity contribution is 5.96. The van der Waals surface area contributed by atoms with Crippen molar-refractivity contribution >= 4 is 11.9 Å². The van der Waals surface area contributed by atoms with Crippen molar-refractivity contribution < 1.29 is 33.6 Å². The average molecular weight is 416 g/mol. The third-order valence-corrected chi connectivity index (χ3v) is 4.36. The molecule has 2 aromatic rings. The molecule has 1 amide bonds. The number of rotatable bonds is 11. The summed E-state index contributed by atoms with van der Waals surface area (Å²) in [5.41, 5.74) is 0.847. The first-order valence-corrected chi connectivity index (χ1v) is 9.46. The maximum absolute atomic E-state index is 12.9. The molecular formula is C22H26NO7-. The summed E-state index contributed by atoms with van der Waals surface area (Å²) < 4.78 is 21.3. The van der Waals surface area contributed by atoms with Gasteiger partial charge >= 0.3 is 0 Å². The Morgan fingerprint density at radius 2 is 1.60 bits per heavy atom. The standard InChI is InChI=1S/C22H27NO7/c1-5-10-30-16-8-6-14(7-9-16)17(13-20(24)25)23-22(26)15-11-18(27-2)21(29-4)19(12-15)28-3/h6-9,11-12,17H,5,10,13H2,1-4H3,(H,23,26)(H,24,25)/p-1/t17-/m1/s1. The molecule has 0 saturated carbocycles. The Morgan fingerprint density at radius 3 is 2.07 bits per heavy atom. The third kappa shape index (κ3) is 5.79. The summed E-state index contributed by atoms with van der Waals surface area (Å²) in [6, 6.07) is 9.10. The molecule has 2 aromatic carbocycles. The summed E-state index contributed by atoms with van der Waals surface area (Å²) >= 11 is 0. The van der Waals surface area contributed by atoms with Crippen LogP contribution in [-0.2, 0) is 4.79 Å². The van der Waals surface area contributed by atoms with Crippen molar-refractivity contribution in [1.82, 2.24) is 5.32 Å². The van der Waals surface area contributed by atoms with Gasteiger partial charge in [-0.15, -0.1) is 0 Å². The molecule has 1 N–H and O–H groups in total. The minimum Gasteiger partial charge on any atom is -0.550 e. The van der Waals surface area contributed by atoms with E-state index in [1.165, 1.54) is 33.5 Å². The lowest BCUT2D eigenvalue weighted by atomic mass is 10.0. The van der Waals surface area contributed by atoms with Gasteiger partial charge < -0.3 is 34.2 Å². The van der Waals surface area contributed by atoms with Gasteiger partial charge in [-0.25, -0.2) is 0 Å². The summed E-state index contributed by atoms with van der Waals surface area (Å²) in [6.07, 6.45) is 0.491. The second-order valence-electron chi connectivity index (χ2n) is 6.43. The lowest BCUT2D eigenvalue weighted by Gasteiger charge is -2.21. The number of carboxylic acid groups (broad SMARTS) is 1. The molecule has 0 aromatic heterocycles. The van der Waals surface area contributed by atoms with Crippen LogP contribution in [0.2, 0.25) is 0 Å². The molecule has 1 atom stereocenters. The van der Waals surface area contributed by atoms with Gasteiger partial charge in [-0.3, -0.25) is 4.79 Å². The van der Waals surface area contributed by atoms with Gasteiger partial charge in [0.1, 0.15) is 5.75 Å². The SMILES string of the molecule is CCCOc1ccc([C@@H](CC(=O)[O-])NC(=O)c2cc(OC)c(OC)c(OC)c2)cc1. The highest BCUT2D eigenvalue weighted by atomic mass is 16.5. The monoisotopic (exact) mass is 416 g/mol. The summed E-state index contributed by atoms with van der Waals surface area (Å²) in [5.74, 6) is -0.121. The van der Waals surface area contributed by atoms with E-state index in [4.69, 9.17) is 18.9 Å². The van der Waals surface area contributed by atoms with Crippen LogP contribution in [-0.4, -0.2) is 39.8 Å². The van der Waals surface area contributed by atoms with Crippen molar-refractivity contribution in [3.63, 3.8) is 0 Å². The second kappa shape index (κ2) is 10.9. The number of carbonyl (C=O) groups is 2. The van der Waals surface area contributed by atoms with Crippen LogP contribution in [0.4, 0.5) is 0 Å². The minimum atomic E-state index is -1.28. The van der Waals surface area contributed by atoms with Crippen molar-refractivity contribution in [3.05, 3.63) is 47.5 Å². The molecule has 30 heavy (non-hydrogen) atoms. The Bertz CT molecular complexity index is 839. The van der Waals surface area contributed by atoms with Crippen LogP contribution in [0.25, 0.3) is 0 Å². The van der Waals surface area contributed by atoms with Crippen molar-refractivity contribution in [1.29, 1.82) is 0 Å². The zero-order valence-electron chi connectivity index (χ0n) is 17.5. The summed E-state index contributed by atoms with van der Waals surface area (Å²) in [6.45, 7) is 2.59. The van der Waals surface area contributed by atoms with E-state index in [9.17, 15) is 14.7 Å². The molecule has 0 aliphatic rings. The van der Waals surface area contributed by atoms with Crippen LogP contribution >= 0.6 is 0 Å². The molecule has 0 bridgehead atoms. The first-order chi connectivity index (χ1) is 14.4. The Morgan fingerprint density at radius 1 is 1.00 bits per heavy atom. The number of hydrogen-bond donors (Lipinski definition) is 1. The highest BCUT2D eigenvalue weighted by Gasteiger charge is 2.20. The average Bonchev–Trinajstić information content (AvgIpc) is 2.76. The van der Waals surface area contributed by atoms with Crippen LogP contribution in [0.5, 0.6) is 23.0 Å². The smallest absolute Gasteiger partial charge is 0.252 e. The summed E-state index contributed by atoms with van der Waals surface area (Å²) in [4.78, 5) is 24.1. The molecule has 8 nitrogen and oxygen atoms in total. The lowest BCUT2D eigenvalue weighted by molar-refractivity contribution is -0.306. The number of carboxylic acids is 1. The number of amides is 1. The molecule has 0 aliphatic carbocycles. The van der Waals surface area contributed by atoms with E-state index in [2.05, 4.69) is 5.32 Å². The quantitative estimate of drug-likeness (QED) is 0.598. The normalized spacial score (nSPS) is 11.3. The van der Waals surface area contributed by atoms with Crippen molar-refractivity contribution in [2.75, 3.05) is 27.9 Å². The van der Waals surface area contributed by atoms with E-state index in [0.29, 0.717) is 35.2 Å². The Kier molecular flexibility index (Phi) is 8.34. The lowest BCUT2D eigenvalue weighted by Crippen LogP contribution is -2.34. The molecule has 8 heteroatoms. The van der Waals surface area contributed by atoms with Gasteiger partial charge in [-0.2, -0.15) is 0 Å². The molecule has 0 aliphatic heterocycles. The van der Waals surface area contributed by atoms with Gasteiger partial charge in [0.2, 0.25) is 5.75 Å². The Balaban J connectivity index is 2.28. The van der Waals surface area contributed by atoms with Gasteiger partial charge in [0.15, 0.2) is 11.5 Å². The predicted molar refractivity (Wildman–Crippen MR) is 108 cm³/mol. The maximum Gasteiger partial charge on any atom is 0.252 e. The topological polar surface area (TPSA) is 106 Å². The number of carbonyl (C=O) groups excluding carboxylic acids is 2. The third-order valence-electron chi connectivity index (χ3n) is 4.36. The van der Waals surface area contributed by atoms with E-state index in [1.807, 2.05) is 6.92 Å². The summed E-state index contributed by atoms with van der Waals surface area (Å²) in [7, 11) is 4.35. The molecule has 0 heterocycles. The van der Waals surface area contributed by atoms with Crippen molar-refractivity contribution in [3.8, 4) is 23.0 Å². The molecule has 2 rings (SSSR count). The number of methoxy groups -OCH3 is 3. The van der Waals surface area contributed by atoms with E-state index in [-0.39, 0.29) is 12.0 Å². The van der Waals surface area contributed by atoms with Gasteiger partial charge in [0.05, 0.1) is 34.0 Å². The molecule has 0 unspecified atom stereocenters. The zero-order chi connectivity index (χ0) is 22.1. The van der Waals surface area contributed by atoms with E-state index in [0.717, 1.165) is 6.42 Å². The minimum absolute atomic E-state index is 0.232. The highest BCUT2D eigenvalue weighted by Crippen LogP contribution is 2.38. The fourth-order valence-electron chi connectivity index (χ4n) is 2.89. The molecule has 0 spiro atoms. The number of benzene rings is 2. The van der Waals surface area contributed by atoms with E-state index >= 15 is 0 Å². The van der Waals surface area contributed by atoms with Crippen molar-refractivity contribution in [2.24, 2.45) is 0 Å². The Labute approximate surface area is 175 Å². The maximum atomic E-state index is 12.9. The van der Waals surface area contributed by atoms with Crippen LogP contribution in [0.1, 0.15) is 41.7 Å². The van der Waals surface area contributed by atoms with Gasteiger partial charge in [-0.1, -0.05) is 19.1 Å². The number of nitrogens with one attached hydrogen (secondary N) is 1. The van der Waals surface area contributed by atoms with Gasteiger partial charge in [0, 0.05) is 18.0 Å². The number of ether oxygens (including phenoxy) is 4. The molecule has 0 radical (unpaired) electrons. The van der Waals surface area contributed by atoms with Gasteiger partial charge in [-0.05, 0) is 36.2 Å². The Hall–Kier alpha value is -3.42. The number of hydrogen-bond acceptors (Lipinski definition) is 7. The molecule has 0 fully saturated rings. The number of aliphatic carboxylic acids is 1. The van der Waals surface area contributed by atoms with Crippen LogP contribution < -0.4 is 29.4 Å². The fourth-order valence-corrected chi connectivity index (χ4v) is 2.89. The van der Waals surface area contributed by atoms with E-state index < -0.39 is 17.9 Å². The van der Waals surface area contributed by atoms with E-state index in [1.54, 1.807) is 24.3 Å². The van der Waals surface area contributed by atoms with Gasteiger partial charge in [0.25, 0.3) is 5.91 Å². The fraction of sp³-hybridized carbons (Fsp3) is 0.364. The van der Waals surface area contributed by atoms with Crippen LogP contribution in [0.15, 0.2) is 36.4 Å². The largest absolute Gasteiger partial charge is 0.550 e.